The maximum Gasteiger partial charge on any atom is 0.223 e. The summed E-state index contributed by atoms with van der Waals surface area (Å²) in [5.41, 5.74) is 0.927. The molecule has 1 unspecified atom stereocenters. The van der Waals surface area contributed by atoms with Crippen molar-refractivity contribution in [3.05, 3.63) is 22.2 Å². The van der Waals surface area contributed by atoms with Gasteiger partial charge in [0.2, 0.25) is 5.28 Å². The Labute approximate surface area is 76.4 Å². The van der Waals surface area contributed by atoms with Gasteiger partial charge in [-0.05, 0) is 17.4 Å². The van der Waals surface area contributed by atoms with E-state index in [4.69, 9.17) is 23.2 Å². The van der Waals surface area contributed by atoms with Gasteiger partial charge in [0.05, 0.1) is 0 Å². The van der Waals surface area contributed by atoms with E-state index in [2.05, 4.69) is 9.97 Å². The standard InChI is InChI=1S/C6H7BCl2N2/c1-3(7)4-2-10-6(9)11-5(4)8/h2-3H,7H2,1H3. The fourth-order valence-electron chi connectivity index (χ4n) is 0.738. The summed E-state index contributed by atoms with van der Waals surface area (Å²) in [5.74, 6) is 0.333. The maximum atomic E-state index is 5.79. The van der Waals surface area contributed by atoms with Crippen LogP contribution in [0.2, 0.25) is 10.4 Å². The first kappa shape index (κ1) is 8.82. The van der Waals surface area contributed by atoms with E-state index in [-0.39, 0.29) is 5.28 Å². The molecule has 0 bridgehead atoms. The van der Waals surface area contributed by atoms with Gasteiger partial charge in [-0.1, -0.05) is 18.5 Å². The van der Waals surface area contributed by atoms with Crippen molar-refractivity contribution in [1.29, 1.82) is 0 Å². The molecular formula is C6H7BCl2N2. The van der Waals surface area contributed by atoms with Gasteiger partial charge in [-0.2, -0.15) is 0 Å². The minimum absolute atomic E-state index is 0.194. The molecule has 1 aromatic rings. The number of rotatable bonds is 1. The van der Waals surface area contributed by atoms with Crippen LogP contribution in [0, 0.1) is 0 Å². The Kier molecular flexibility index (Phi) is 2.74. The Balaban J connectivity index is 3.09. The van der Waals surface area contributed by atoms with Gasteiger partial charge in [0.1, 0.15) is 13.0 Å². The molecule has 0 fully saturated rings. The van der Waals surface area contributed by atoms with Gasteiger partial charge in [-0.15, -0.1) is 0 Å². The average molecular weight is 189 g/mol. The van der Waals surface area contributed by atoms with Crippen molar-refractivity contribution in [2.45, 2.75) is 12.7 Å². The van der Waals surface area contributed by atoms with Crippen molar-refractivity contribution in [2.75, 3.05) is 0 Å². The lowest BCUT2D eigenvalue weighted by molar-refractivity contribution is 1.01. The van der Waals surface area contributed by atoms with Gasteiger partial charge in [-0.25, -0.2) is 9.97 Å². The molecule has 58 valence electrons. The molecule has 0 amide bonds. The molecule has 1 atom stereocenters. The average Bonchev–Trinajstić information content (AvgIpc) is 1.85. The Morgan fingerprint density at radius 3 is 2.64 bits per heavy atom. The molecule has 0 radical (unpaired) electrons. The van der Waals surface area contributed by atoms with Crippen LogP contribution in [0.15, 0.2) is 6.20 Å². The summed E-state index contributed by atoms with van der Waals surface area (Å²) in [5, 5.41) is 0.638. The van der Waals surface area contributed by atoms with E-state index in [0.717, 1.165) is 5.56 Å². The molecule has 0 spiro atoms. The zero-order chi connectivity index (χ0) is 8.43. The van der Waals surface area contributed by atoms with Crippen LogP contribution in [0.25, 0.3) is 0 Å². The fourth-order valence-corrected chi connectivity index (χ4v) is 1.26. The van der Waals surface area contributed by atoms with Crippen LogP contribution in [0.1, 0.15) is 18.3 Å². The molecule has 0 saturated carbocycles. The van der Waals surface area contributed by atoms with Crippen molar-refractivity contribution in [2.24, 2.45) is 0 Å². The SMILES string of the molecule is BC(C)c1cnc(Cl)nc1Cl. The third-order valence-electron chi connectivity index (χ3n) is 1.36. The third kappa shape index (κ3) is 2.07. The Morgan fingerprint density at radius 1 is 1.55 bits per heavy atom. The molecule has 0 aliphatic heterocycles. The first-order chi connectivity index (χ1) is 5.11. The number of nitrogens with zero attached hydrogens (tertiary/aromatic N) is 2. The van der Waals surface area contributed by atoms with E-state index in [0.29, 0.717) is 11.0 Å². The lowest BCUT2D eigenvalue weighted by atomic mass is 9.84. The fraction of sp³-hybridized carbons (Fsp3) is 0.333. The molecule has 0 N–H and O–H groups in total. The predicted octanol–water partition coefficient (Wildman–Crippen LogP) is 1.48. The van der Waals surface area contributed by atoms with Crippen molar-refractivity contribution >= 4 is 31.0 Å². The number of hydrogen-bond donors (Lipinski definition) is 0. The van der Waals surface area contributed by atoms with E-state index >= 15 is 0 Å². The Bertz CT molecular complexity index is 265. The molecule has 11 heavy (non-hydrogen) atoms. The quantitative estimate of drug-likeness (QED) is 0.379. The van der Waals surface area contributed by atoms with Crippen molar-refractivity contribution in [3.8, 4) is 0 Å². The molecule has 2 nitrogen and oxygen atoms in total. The Hall–Kier alpha value is -0.275. The summed E-state index contributed by atoms with van der Waals surface area (Å²) < 4.78 is 0. The molecular weight excluding hydrogens is 182 g/mol. The topological polar surface area (TPSA) is 25.8 Å². The van der Waals surface area contributed by atoms with Crippen LogP contribution in [-0.4, -0.2) is 17.8 Å². The van der Waals surface area contributed by atoms with Gasteiger partial charge in [0.25, 0.3) is 0 Å². The summed E-state index contributed by atoms with van der Waals surface area (Å²) in [6.45, 7) is 2.03. The summed E-state index contributed by atoms with van der Waals surface area (Å²) in [7, 11) is 2.03. The van der Waals surface area contributed by atoms with Crippen LogP contribution in [-0.2, 0) is 0 Å². The van der Waals surface area contributed by atoms with Gasteiger partial charge in [-0.3, -0.25) is 0 Å². The highest BCUT2D eigenvalue weighted by Crippen LogP contribution is 2.20. The summed E-state index contributed by atoms with van der Waals surface area (Å²) >= 11 is 11.3. The van der Waals surface area contributed by atoms with Gasteiger partial charge >= 0.3 is 0 Å². The van der Waals surface area contributed by atoms with E-state index < -0.39 is 0 Å². The number of aromatic nitrogens is 2. The molecule has 0 aliphatic rings. The number of halogens is 2. The zero-order valence-electron chi connectivity index (χ0n) is 6.31. The smallest absolute Gasteiger partial charge is 0.223 e. The van der Waals surface area contributed by atoms with Gasteiger partial charge in [0, 0.05) is 11.8 Å². The minimum atomic E-state index is 0.194. The van der Waals surface area contributed by atoms with E-state index in [1.54, 1.807) is 6.20 Å². The summed E-state index contributed by atoms with van der Waals surface area (Å²) in [6.07, 6.45) is 1.66. The van der Waals surface area contributed by atoms with Gasteiger partial charge < -0.3 is 0 Å². The normalized spacial score (nSPS) is 13.0. The van der Waals surface area contributed by atoms with Crippen LogP contribution < -0.4 is 0 Å². The van der Waals surface area contributed by atoms with Crippen molar-refractivity contribution in [3.63, 3.8) is 0 Å². The highest BCUT2D eigenvalue weighted by Gasteiger charge is 2.06. The minimum Gasteiger partial charge on any atom is -0.226 e. The molecule has 1 heterocycles. The van der Waals surface area contributed by atoms with Crippen LogP contribution in [0.3, 0.4) is 0 Å². The van der Waals surface area contributed by atoms with Crippen molar-refractivity contribution in [1.82, 2.24) is 9.97 Å². The monoisotopic (exact) mass is 188 g/mol. The van der Waals surface area contributed by atoms with Gasteiger partial charge in [0.15, 0.2) is 0 Å². The Morgan fingerprint density at radius 2 is 2.18 bits per heavy atom. The van der Waals surface area contributed by atoms with Crippen LogP contribution >= 0.6 is 23.2 Å². The lowest BCUT2D eigenvalue weighted by Crippen LogP contribution is -1.96. The lowest BCUT2D eigenvalue weighted by Gasteiger charge is -2.04. The van der Waals surface area contributed by atoms with E-state index in [9.17, 15) is 0 Å². The second-order valence-corrected chi connectivity index (χ2v) is 3.24. The zero-order valence-corrected chi connectivity index (χ0v) is 7.82. The second-order valence-electron chi connectivity index (χ2n) is 2.54. The van der Waals surface area contributed by atoms with Crippen molar-refractivity contribution < 1.29 is 0 Å². The molecule has 1 aromatic heterocycles. The third-order valence-corrected chi connectivity index (χ3v) is 1.85. The number of hydrogen-bond acceptors (Lipinski definition) is 2. The molecule has 1 rings (SSSR count). The van der Waals surface area contributed by atoms with Crippen LogP contribution in [0.5, 0.6) is 0 Å². The maximum absolute atomic E-state index is 5.79. The molecule has 0 aliphatic carbocycles. The second kappa shape index (κ2) is 3.41. The summed E-state index contributed by atoms with van der Waals surface area (Å²) in [4.78, 5) is 7.65. The highest BCUT2D eigenvalue weighted by molar-refractivity contribution is 6.32. The molecule has 0 saturated heterocycles. The van der Waals surface area contributed by atoms with E-state index in [1.807, 2.05) is 14.8 Å². The summed E-state index contributed by atoms with van der Waals surface area (Å²) in [6, 6.07) is 0. The van der Waals surface area contributed by atoms with Crippen LogP contribution in [0.4, 0.5) is 0 Å². The molecule has 0 aromatic carbocycles. The largest absolute Gasteiger partial charge is 0.226 e. The first-order valence-electron chi connectivity index (χ1n) is 3.29. The first-order valence-corrected chi connectivity index (χ1v) is 4.04. The van der Waals surface area contributed by atoms with E-state index in [1.165, 1.54) is 0 Å². The predicted molar refractivity (Wildman–Crippen MR) is 49.0 cm³/mol. The molecule has 5 heteroatoms. The highest BCUT2D eigenvalue weighted by atomic mass is 35.5.